The first-order chi connectivity index (χ1) is 11.4. The number of aromatic nitrogens is 4. The zero-order chi connectivity index (χ0) is 17.2. The topological polar surface area (TPSA) is 118 Å². The molecule has 24 heavy (non-hydrogen) atoms. The zero-order valence-corrected chi connectivity index (χ0v) is 14.6. The van der Waals surface area contributed by atoms with Gasteiger partial charge in [-0.1, -0.05) is 11.8 Å². The van der Waals surface area contributed by atoms with Crippen LogP contribution in [0.25, 0.3) is 11.4 Å². The second-order valence-electron chi connectivity index (χ2n) is 5.57. The van der Waals surface area contributed by atoms with Crippen molar-refractivity contribution in [2.75, 3.05) is 11.5 Å². The first-order valence-electron chi connectivity index (χ1n) is 7.43. The van der Waals surface area contributed by atoms with Gasteiger partial charge in [0, 0.05) is 24.0 Å². The van der Waals surface area contributed by atoms with Crippen LogP contribution < -0.4 is 5.32 Å². The summed E-state index contributed by atoms with van der Waals surface area (Å²) in [6.45, 7) is 1.74. The molecular weight excluding hydrogens is 350 g/mol. The number of nitrogens with one attached hydrogen (secondary N) is 2. The Morgan fingerprint density at radius 1 is 1.42 bits per heavy atom. The molecule has 0 spiro atoms. The minimum absolute atomic E-state index is 0.0168. The Hall–Kier alpha value is -1.94. The minimum Gasteiger partial charge on any atom is -0.351 e. The molecule has 3 heterocycles. The van der Waals surface area contributed by atoms with E-state index in [0.29, 0.717) is 17.4 Å². The molecule has 2 aromatic heterocycles. The van der Waals surface area contributed by atoms with Crippen LogP contribution >= 0.6 is 11.8 Å². The van der Waals surface area contributed by atoms with E-state index in [1.807, 2.05) is 12.1 Å². The number of amides is 1. The molecule has 1 aliphatic rings. The Balaban J connectivity index is 1.58. The lowest BCUT2D eigenvalue weighted by atomic mass is 10.2. The molecule has 2 N–H and O–H groups in total. The third-order valence-electron chi connectivity index (χ3n) is 3.65. The van der Waals surface area contributed by atoms with E-state index in [1.54, 1.807) is 19.3 Å². The summed E-state index contributed by atoms with van der Waals surface area (Å²) in [4.78, 5) is 20.5. The van der Waals surface area contributed by atoms with Crippen LogP contribution in [0.4, 0.5) is 0 Å². The van der Waals surface area contributed by atoms with Crippen LogP contribution in [0.15, 0.2) is 29.7 Å². The SMILES string of the molecule is C[C@@H](Sc1n[nH]c(-c2ccncc2)n1)C(=O)N[C@@H]1CCS(=O)(=O)C1. The number of H-pyrrole nitrogens is 1. The fourth-order valence-electron chi connectivity index (χ4n) is 2.38. The third kappa shape index (κ3) is 4.12. The quantitative estimate of drug-likeness (QED) is 0.745. The molecule has 0 unspecified atom stereocenters. The molecule has 0 saturated carbocycles. The Kier molecular flexibility index (Phi) is 4.86. The molecule has 3 rings (SSSR count). The number of thioether (sulfide) groups is 1. The smallest absolute Gasteiger partial charge is 0.233 e. The van der Waals surface area contributed by atoms with Gasteiger partial charge in [-0.2, -0.15) is 0 Å². The van der Waals surface area contributed by atoms with Crippen LogP contribution in [0.5, 0.6) is 0 Å². The van der Waals surface area contributed by atoms with E-state index in [1.165, 1.54) is 11.8 Å². The van der Waals surface area contributed by atoms with Gasteiger partial charge < -0.3 is 5.32 Å². The Morgan fingerprint density at radius 3 is 2.83 bits per heavy atom. The summed E-state index contributed by atoms with van der Waals surface area (Å²) in [7, 11) is -3.01. The van der Waals surface area contributed by atoms with Gasteiger partial charge in [0.1, 0.15) is 0 Å². The second-order valence-corrected chi connectivity index (χ2v) is 9.11. The van der Waals surface area contributed by atoms with Gasteiger partial charge in [-0.25, -0.2) is 13.4 Å². The van der Waals surface area contributed by atoms with Crippen LogP contribution in [0, 0.1) is 0 Å². The number of sulfone groups is 1. The van der Waals surface area contributed by atoms with Crippen molar-refractivity contribution in [1.29, 1.82) is 0 Å². The summed E-state index contributed by atoms with van der Waals surface area (Å²) in [6.07, 6.45) is 3.80. The van der Waals surface area contributed by atoms with Crippen molar-refractivity contribution < 1.29 is 13.2 Å². The van der Waals surface area contributed by atoms with Crippen LogP contribution in [0.2, 0.25) is 0 Å². The van der Waals surface area contributed by atoms with E-state index < -0.39 is 15.1 Å². The lowest BCUT2D eigenvalue weighted by Gasteiger charge is -2.14. The van der Waals surface area contributed by atoms with E-state index in [9.17, 15) is 13.2 Å². The fourth-order valence-corrected chi connectivity index (χ4v) is 4.78. The van der Waals surface area contributed by atoms with Crippen molar-refractivity contribution in [1.82, 2.24) is 25.5 Å². The normalized spacial score (nSPS) is 20.6. The highest BCUT2D eigenvalue weighted by molar-refractivity contribution is 8.00. The van der Waals surface area contributed by atoms with E-state index in [2.05, 4.69) is 25.5 Å². The number of carbonyl (C=O) groups excluding carboxylic acids is 1. The predicted octanol–water partition coefficient (Wildman–Crippen LogP) is 0.651. The summed E-state index contributed by atoms with van der Waals surface area (Å²) in [6, 6.07) is 3.32. The minimum atomic E-state index is -3.01. The van der Waals surface area contributed by atoms with Gasteiger partial charge in [-0.15, -0.1) is 5.10 Å². The molecule has 1 fully saturated rings. The van der Waals surface area contributed by atoms with Gasteiger partial charge in [0.15, 0.2) is 15.7 Å². The summed E-state index contributed by atoms with van der Waals surface area (Å²) < 4.78 is 22.9. The molecule has 2 aromatic rings. The van der Waals surface area contributed by atoms with E-state index in [-0.39, 0.29) is 23.5 Å². The van der Waals surface area contributed by atoms with E-state index in [4.69, 9.17) is 0 Å². The lowest BCUT2D eigenvalue weighted by molar-refractivity contribution is -0.120. The van der Waals surface area contributed by atoms with Crippen molar-refractivity contribution in [2.45, 2.75) is 29.8 Å². The van der Waals surface area contributed by atoms with Gasteiger partial charge in [-0.3, -0.25) is 14.9 Å². The number of pyridine rings is 1. The van der Waals surface area contributed by atoms with E-state index >= 15 is 0 Å². The number of carbonyl (C=O) groups is 1. The highest BCUT2D eigenvalue weighted by atomic mass is 32.2. The maximum absolute atomic E-state index is 12.2. The van der Waals surface area contributed by atoms with Crippen LogP contribution in [0.3, 0.4) is 0 Å². The zero-order valence-electron chi connectivity index (χ0n) is 13.0. The Bertz CT molecular complexity index is 822. The molecule has 2 atom stereocenters. The third-order valence-corrected chi connectivity index (χ3v) is 6.38. The number of aromatic amines is 1. The van der Waals surface area contributed by atoms with Gasteiger partial charge in [0.25, 0.3) is 0 Å². The maximum Gasteiger partial charge on any atom is 0.233 e. The van der Waals surface area contributed by atoms with Crippen molar-refractivity contribution in [3.63, 3.8) is 0 Å². The molecule has 10 heteroatoms. The molecule has 0 bridgehead atoms. The standard InChI is InChI=1S/C14H17N5O3S2/c1-9(13(20)16-11-4-7-24(21,22)8-11)23-14-17-12(18-19-14)10-2-5-15-6-3-10/h2-3,5-6,9,11H,4,7-8H2,1H3,(H,16,20)(H,17,18,19)/t9-,11-/m1/s1. The number of nitrogens with zero attached hydrogens (tertiary/aromatic N) is 3. The molecule has 0 radical (unpaired) electrons. The average Bonchev–Trinajstić information content (AvgIpc) is 3.14. The highest BCUT2D eigenvalue weighted by Gasteiger charge is 2.30. The molecule has 1 amide bonds. The number of hydrogen-bond donors (Lipinski definition) is 2. The fraction of sp³-hybridized carbons (Fsp3) is 0.429. The molecule has 1 aliphatic heterocycles. The van der Waals surface area contributed by atoms with Crippen molar-refractivity contribution >= 4 is 27.5 Å². The van der Waals surface area contributed by atoms with Gasteiger partial charge >= 0.3 is 0 Å². The molecule has 128 valence electrons. The van der Waals surface area contributed by atoms with Crippen molar-refractivity contribution in [3.8, 4) is 11.4 Å². The maximum atomic E-state index is 12.2. The number of hydrogen-bond acceptors (Lipinski definition) is 7. The number of rotatable bonds is 5. The summed E-state index contributed by atoms with van der Waals surface area (Å²) in [5.41, 5.74) is 0.859. The average molecular weight is 367 g/mol. The van der Waals surface area contributed by atoms with Crippen molar-refractivity contribution in [2.24, 2.45) is 0 Å². The molecule has 8 nitrogen and oxygen atoms in total. The summed E-state index contributed by atoms with van der Waals surface area (Å²) in [5, 5.41) is 9.75. The highest BCUT2D eigenvalue weighted by Crippen LogP contribution is 2.23. The van der Waals surface area contributed by atoms with E-state index in [0.717, 1.165) is 5.56 Å². The Labute approximate surface area is 143 Å². The first kappa shape index (κ1) is 16.9. The summed E-state index contributed by atoms with van der Waals surface area (Å²) >= 11 is 1.22. The van der Waals surface area contributed by atoms with Crippen LogP contribution in [-0.4, -0.2) is 57.3 Å². The lowest BCUT2D eigenvalue weighted by Crippen LogP contribution is -2.39. The van der Waals surface area contributed by atoms with Crippen LogP contribution in [0.1, 0.15) is 13.3 Å². The van der Waals surface area contributed by atoms with Gasteiger partial charge in [-0.05, 0) is 25.5 Å². The predicted molar refractivity (Wildman–Crippen MR) is 90.1 cm³/mol. The second kappa shape index (κ2) is 6.89. The first-order valence-corrected chi connectivity index (χ1v) is 10.1. The summed E-state index contributed by atoms with van der Waals surface area (Å²) in [5.74, 6) is 0.547. The molecule has 1 saturated heterocycles. The van der Waals surface area contributed by atoms with Crippen LogP contribution in [-0.2, 0) is 14.6 Å². The van der Waals surface area contributed by atoms with Gasteiger partial charge in [0.2, 0.25) is 11.1 Å². The largest absolute Gasteiger partial charge is 0.351 e. The van der Waals surface area contributed by atoms with Crippen molar-refractivity contribution in [3.05, 3.63) is 24.5 Å². The molecular formula is C14H17N5O3S2. The van der Waals surface area contributed by atoms with Gasteiger partial charge in [0.05, 0.1) is 16.8 Å². The monoisotopic (exact) mass is 367 g/mol. The molecule has 0 aliphatic carbocycles. The molecule has 0 aromatic carbocycles. The Morgan fingerprint density at radius 2 is 2.17 bits per heavy atom.